The van der Waals surface area contributed by atoms with Crippen molar-refractivity contribution < 1.29 is 0 Å². The van der Waals surface area contributed by atoms with Gasteiger partial charge in [-0.25, -0.2) is 9.97 Å². The van der Waals surface area contributed by atoms with Gasteiger partial charge in [0.15, 0.2) is 0 Å². The van der Waals surface area contributed by atoms with E-state index in [0.717, 1.165) is 36.7 Å². The van der Waals surface area contributed by atoms with E-state index in [0.29, 0.717) is 0 Å². The fraction of sp³-hybridized carbons (Fsp3) is 0.750. The molecule has 114 valence electrons. The first kappa shape index (κ1) is 13.7. The van der Waals surface area contributed by atoms with Crippen LogP contribution in [0, 0.1) is 5.92 Å². The molecule has 0 radical (unpaired) electrons. The average molecular weight is 304 g/mol. The van der Waals surface area contributed by atoms with Crippen molar-refractivity contribution in [3.8, 4) is 0 Å². The number of anilines is 2. The van der Waals surface area contributed by atoms with Crippen LogP contribution in [-0.2, 0) is 0 Å². The first-order valence-corrected chi connectivity index (χ1v) is 9.49. The summed E-state index contributed by atoms with van der Waals surface area (Å²) in [4.78, 5) is 14.1. The zero-order chi connectivity index (χ0) is 14.1. The minimum absolute atomic E-state index is 0.735. The average Bonchev–Trinajstić information content (AvgIpc) is 3.00. The van der Waals surface area contributed by atoms with Crippen molar-refractivity contribution in [3.63, 3.8) is 0 Å². The molecule has 1 aromatic rings. The van der Waals surface area contributed by atoms with Gasteiger partial charge in [0.25, 0.3) is 0 Å². The Hall–Kier alpha value is -0.970. The number of aromatic nitrogens is 2. The van der Waals surface area contributed by atoms with E-state index in [1.54, 1.807) is 6.33 Å². The minimum atomic E-state index is 0.735. The van der Waals surface area contributed by atoms with Gasteiger partial charge in [0.2, 0.25) is 0 Å². The highest BCUT2D eigenvalue weighted by molar-refractivity contribution is 7.99. The van der Waals surface area contributed by atoms with Gasteiger partial charge in [-0.05, 0) is 25.2 Å². The largest absolute Gasteiger partial charge is 0.355 e. The summed E-state index contributed by atoms with van der Waals surface area (Å²) in [6.07, 6.45) is 8.70. The summed E-state index contributed by atoms with van der Waals surface area (Å²) in [5.41, 5.74) is 0. The first-order chi connectivity index (χ1) is 10.4. The summed E-state index contributed by atoms with van der Waals surface area (Å²) in [7, 11) is 0. The molecule has 0 N–H and O–H groups in total. The lowest BCUT2D eigenvalue weighted by molar-refractivity contribution is 0.341. The lowest BCUT2D eigenvalue weighted by Gasteiger charge is -2.33. The molecule has 4 rings (SSSR count). The molecular weight excluding hydrogens is 280 g/mol. The third-order valence-corrected chi connectivity index (χ3v) is 6.22. The number of rotatable bonds is 2. The van der Waals surface area contributed by atoms with Gasteiger partial charge in [0.1, 0.15) is 18.0 Å². The molecule has 21 heavy (non-hydrogen) atoms. The molecule has 1 aliphatic carbocycles. The van der Waals surface area contributed by atoms with Crippen LogP contribution in [0.25, 0.3) is 0 Å². The highest BCUT2D eigenvalue weighted by atomic mass is 32.2. The lowest BCUT2D eigenvalue weighted by Crippen LogP contribution is -2.36. The second-order valence-corrected chi connectivity index (χ2v) is 7.65. The lowest BCUT2D eigenvalue weighted by atomic mass is 9.85. The molecule has 0 spiro atoms. The van der Waals surface area contributed by atoms with Gasteiger partial charge in [0.05, 0.1) is 0 Å². The third kappa shape index (κ3) is 2.72. The van der Waals surface area contributed by atoms with E-state index < -0.39 is 0 Å². The zero-order valence-electron chi connectivity index (χ0n) is 12.6. The molecule has 2 aliphatic heterocycles. The Morgan fingerprint density at radius 2 is 1.76 bits per heavy atom. The van der Waals surface area contributed by atoms with E-state index in [1.807, 2.05) is 11.8 Å². The van der Waals surface area contributed by atoms with Gasteiger partial charge in [-0.3, -0.25) is 0 Å². The molecule has 3 fully saturated rings. The van der Waals surface area contributed by atoms with E-state index in [9.17, 15) is 0 Å². The van der Waals surface area contributed by atoms with Crippen molar-refractivity contribution >= 4 is 23.4 Å². The SMILES string of the molecule is c1nc(N2CCSCC2)cc(N2CCC3CCCCC32)n1. The Labute approximate surface area is 131 Å². The molecule has 5 heteroatoms. The summed E-state index contributed by atoms with van der Waals surface area (Å²) in [6, 6.07) is 2.96. The van der Waals surface area contributed by atoms with Crippen molar-refractivity contribution in [1.29, 1.82) is 0 Å². The van der Waals surface area contributed by atoms with Crippen LogP contribution in [0.15, 0.2) is 12.4 Å². The summed E-state index contributed by atoms with van der Waals surface area (Å²) in [5.74, 6) is 5.62. The summed E-state index contributed by atoms with van der Waals surface area (Å²) in [6.45, 7) is 3.42. The molecule has 0 aromatic carbocycles. The predicted octanol–water partition coefficient (Wildman–Crippen LogP) is 2.80. The third-order valence-electron chi connectivity index (χ3n) is 5.28. The summed E-state index contributed by atoms with van der Waals surface area (Å²) >= 11 is 2.04. The summed E-state index contributed by atoms with van der Waals surface area (Å²) < 4.78 is 0. The Kier molecular flexibility index (Phi) is 3.93. The Morgan fingerprint density at radius 3 is 2.67 bits per heavy atom. The number of fused-ring (bicyclic) bond motifs is 1. The summed E-state index contributed by atoms with van der Waals surface area (Å²) in [5, 5.41) is 0. The molecule has 0 amide bonds. The number of hydrogen-bond acceptors (Lipinski definition) is 5. The first-order valence-electron chi connectivity index (χ1n) is 8.33. The molecular formula is C16H24N4S. The van der Waals surface area contributed by atoms with Crippen molar-refractivity contribution in [2.24, 2.45) is 5.92 Å². The highest BCUT2D eigenvalue weighted by Crippen LogP contribution is 2.38. The fourth-order valence-electron chi connectivity index (χ4n) is 4.15. The molecule has 1 aromatic heterocycles. The van der Waals surface area contributed by atoms with E-state index in [2.05, 4.69) is 25.8 Å². The van der Waals surface area contributed by atoms with Crippen molar-refractivity contribution in [2.75, 3.05) is 40.9 Å². The molecule has 3 aliphatic rings. The fourth-order valence-corrected chi connectivity index (χ4v) is 5.05. The molecule has 2 saturated heterocycles. The normalized spacial score (nSPS) is 29.5. The quantitative estimate of drug-likeness (QED) is 0.839. The van der Waals surface area contributed by atoms with Gasteiger partial charge in [-0.15, -0.1) is 0 Å². The topological polar surface area (TPSA) is 32.3 Å². The van der Waals surface area contributed by atoms with E-state index in [1.165, 1.54) is 50.2 Å². The van der Waals surface area contributed by atoms with E-state index in [-0.39, 0.29) is 0 Å². The van der Waals surface area contributed by atoms with Crippen LogP contribution in [0.2, 0.25) is 0 Å². The predicted molar refractivity (Wildman–Crippen MR) is 89.3 cm³/mol. The minimum Gasteiger partial charge on any atom is -0.355 e. The van der Waals surface area contributed by atoms with Crippen LogP contribution in [0.5, 0.6) is 0 Å². The highest BCUT2D eigenvalue weighted by Gasteiger charge is 2.36. The van der Waals surface area contributed by atoms with Gasteiger partial charge >= 0.3 is 0 Å². The molecule has 1 saturated carbocycles. The van der Waals surface area contributed by atoms with Crippen LogP contribution in [0.4, 0.5) is 11.6 Å². The number of thioether (sulfide) groups is 1. The Balaban J connectivity index is 1.54. The van der Waals surface area contributed by atoms with Crippen LogP contribution in [0.1, 0.15) is 32.1 Å². The van der Waals surface area contributed by atoms with Crippen molar-refractivity contribution in [1.82, 2.24) is 9.97 Å². The Bertz CT molecular complexity index is 489. The van der Waals surface area contributed by atoms with Crippen molar-refractivity contribution in [3.05, 3.63) is 12.4 Å². The second kappa shape index (κ2) is 6.03. The molecule has 3 heterocycles. The Morgan fingerprint density at radius 1 is 0.952 bits per heavy atom. The number of hydrogen-bond donors (Lipinski definition) is 0. The number of nitrogens with zero attached hydrogens (tertiary/aromatic N) is 4. The van der Waals surface area contributed by atoms with Crippen LogP contribution in [0.3, 0.4) is 0 Å². The van der Waals surface area contributed by atoms with E-state index >= 15 is 0 Å². The maximum absolute atomic E-state index is 4.59. The van der Waals surface area contributed by atoms with Crippen molar-refractivity contribution in [2.45, 2.75) is 38.1 Å². The van der Waals surface area contributed by atoms with Gasteiger partial charge in [-0.1, -0.05) is 12.8 Å². The molecule has 2 unspecified atom stereocenters. The van der Waals surface area contributed by atoms with Gasteiger partial charge < -0.3 is 9.80 Å². The maximum atomic E-state index is 4.59. The zero-order valence-corrected chi connectivity index (χ0v) is 13.4. The van der Waals surface area contributed by atoms with Crippen LogP contribution in [-0.4, -0.2) is 47.1 Å². The van der Waals surface area contributed by atoms with E-state index in [4.69, 9.17) is 0 Å². The molecule has 0 bridgehead atoms. The monoisotopic (exact) mass is 304 g/mol. The molecule has 4 nitrogen and oxygen atoms in total. The van der Waals surface area contributed by atoms with Gasteiger partial charge in [0, 0.05) is 43.2 Å². The standard InChI is InChI=1S/C16H24N4S/c1-2-4-14-13(3-1)5-6-20(14)16-11-15(17-12-18-16)19-7-9-21-10-8-19/h11-14H,1-10H2. The maximum Gasteiger partial charge on any atom is 0.134 e. The molecule has 2 atom stereocenters. The smallest absolute Gasteiger partial charge is 0.134 e. The second-order valence-electron chi connectivity index (χ2n) is 6.43. The van der Waals surface area contributed by atoms with Crippen LogP contribution >= 0.6 is 11.8 Å². The van der Waals surface area contributed by atoms with Gasteiger partial charge in [-0.2, -0.15) is 11.8 Å². The van der Waals surface area contributed by atoms with Crippen LogP contribution < -0.4 is 9.80 Å².